The lowest BCUT2D eigenvalue weighted by molar-refractivity contribution is 0.0576. The van der Waals surface area contributed by atoms with Crippen LogP contribution in [0.15, 0.2) is 12.4 Å². The quantitative estimate of drug-likeness (QED) is 0.864. The van der Waals surface area contributed by atoms with Crippen molar-refractivity contribution < 1.29 is 4.74 Å². The normalized spacial score (nSPS) is 32.3. The van der Waals surface area contributed by atoms with Gasteiger partial charge >= 0.3 is 0 Å². The topological polar surface area (TPSA) is 39.1 Å². The molecule has 0 unspecified atom stereocenters. The molecule has 2 fully saturated rings. The average molecular weight is 235 g/mol. The number of rotatable bonds is 3. The molecule has 0 aliphatic carbocycles. The summed E-state index contributed by atoms with van der Waals surface area (Å²) in [5, 5.41) is 7.98. The van der Waals surface area contributed by atoms with E-state index in [9.17, 15) is 0 Å². The highest BCUT2D eigenvalue weighted by molar-refractivity contribution is 5.21. The Morgan fingerprint density at radius 2 is 2.53 bits per heavy atom. The van der Waals surface area contributed by atoms with Crippen molar-refractivity contribution in [2.75, 3.05) is 19.8 Å². The molecule has 0 radical (unpaired) electrons. The maximum absolute atomic E-state index is 5.56. The van der Waals surface area contributed by atoms with Crippen molar-refractivity contribution in [2.45, 2.75) is 32.9 Å². The molecule has 1 aromatic rings. The van der Waals surface area contributed by atoms with E-state index in [-0.39, 0.29) is 0 Å². The third-order valence-corrected chi connectivity index (χ3v) is 3.94. The smallest absolute Gasteiger partial charge is 0.0553 e. The van der Waals surface area contributed by atoms with Crippen LogP contribution in [-0.4, -0.2) is 29.5 Å². The summed E-state index contributed by atoms with van der Waals surface area (Å²) >= 11 is 0. The first kappa shape index (κ1) is 11.2. The SMILES string of the molecule is CC(C)Cn1cc([C@H]2NC[C@@]23CCOC3)cn1. The van der Waals surface area contributed by atoms with Gasteiger partial charge in [0.1, 0.15) is 0 Å². The Morgan fingerprint density at radius 1 is 1.65 bits per heavy atom. The van der Waals surface area contributed by atoms with E-state index in [2.05, 4.69) is 35.1 Å². The molecule has 1 N–H and O–H groups in total. The van der Waals surface area contributed by atoms with Gasteiger partial charge in [0.2, 0.25) is 0 Å². The zero-order valence-electron chi connectivity index (χ0n) is 10.6. The van der Waals surface area contributed by atoms with Gasteiger partial charge in [-0.25, -0.2) is 0 Å². The predicted octanol–water partition coefficient (Wildman–Crippen LogP) is 1.59. The fourth-order valence-corrected chi connectivity index (χ4v) is 2.96. The van der Waals surface area contributed by atoms with Crippen LogP contribution in [0.4, 0.5) is 0 Å². The average Bonchev–Trinajstić information content (AvgIpc) is 2.85. The molecule has 17 heavy (non-hydrogen) atoms. The van der Waals surface area contributed by atoms with Gasteiger partial charge in [-0.1, -0.05) is 13.8 Å². The molecule has 3 heterocycles. The summed E-state index contributed by atoms with van der Waals surface area (Å²) in [6, 6.07) is 0.450. The number of aromatic nitrogens is 2. The maximum atomic E-state index is 5.56. The van der Waals surface area contributed by atoms with Crippen LogP contribution in [0.1, 0.15) is 31.9 Å². The highest BCUT2D eigenvalue weighted by Crippen LogP contribution is 2.46. The summed E-state index contributed by atoms with van der Waals surface area (Å²) in [4.78, 5) is 0. The van der Waals surface area contributed by atoms with Gasteiger partial charge in [-0.3, -0.25) is 4.68 Å². The Hall–Kier alpha value is -0.870. The molecule has 0 saturated carbocycles. The maximum Gasteiger partial charge on any atom is 0.0553 e. The molecule has 2 saturated heterocycles. The Balaban J connectivity index is 1.74. The van der Waals surface area contributed by atoms with Crippen LogP contribution in [0.5, 0.6) is 0 Å². The van der Waals surface area contributed by atoms with Crippen molar-refractivity contribution >= 4 is 0 Å². The van der Waals surface area contributed by atoms with Gasteiger partial charge in [0.25, 0.3) is 0 Å². The van der Waals surface area contributed by atoms with Gasteiger partial charge in [0, 0.05) is 42.9 Å². The van der Waals surface area contributed by atoms with Gasteiger partial charge in [-0.15, -0.1) is 0 Å². The van der Waals surface area contributed by atoms with E-state index >= 15 is 0 Å². The van der Waals surface area contributed by atoms with Crippen LogP contribution >= 0.6 is 0 Å². The van der Waals surface area contributed by atoms with Crippen LogP contribution in [0.3, 0.4) is 0 Å². The first-order chi connectivity index (χ1) is 8.20. The molecular formula is C13H21N3O. The Bertz CT molecular complexity index is 393. The summed E-state index contributed by atoms with van der Waals surface area (Å²) in [7, 11) is 0. The number of hydrogen-bond donors (Lipinski definition) is 1. The van der Waals surface area contributed by atoms with Crippen LogP contribution < -0.4 is 5.32 Å². The van der Waals surface area contributed by atoms with E-state index in [1.54, 1.807) is 0 Å². The van der Waals surface area contributed by atoms with Gasteiger partial charge in [0.15, 0.2) is 0 Å². The largest absolute Gasteiger partial charge is 0.381 e. The molecule has 2 aliphatic heterocycles. The number of nitrogens with zero attached hydrogens (tertiary/aromatic N) is 2. The van der Waals surface area contributed by atoms with Crippen molar-refractivity contribution in [1.82, 2.24) is 15.1 Å². The molecule has 0 bridgehead atoms. The number of ether oxygens (including phenoxy) is 1. The summed E-state index contributed by atoms with van der Waals surface area (Å²) < 4.78 is 7.62. The molecule has 94 valence electrons. The second kappa shape index (κ2) is 4.10. The zero-order chi connectivity index (χ0) is 11.9. The first-order valence-corrected chi connectivity index (χ1v) is 6.53. The third kappa shape index (κ3) is 1.89. The molecule has 1 aromatic heterocycles. The highest BCUT2D eigenvalue weighted by atomic mass is 16.5. The number of nitrogens with one attached hydrogen (secondary N) is 1. The molecule has 2 aliphatic rings. The van der Waals surface area contributed by atoms with Crippen molar-refractivity contribution in [2.24, 2.45) is 11.3 Å². The van der Waals surface area contributed by atoms with E-state index in [1.165, 1.54) is 12.0 Å². The Kier molecular flexibility index (Phi) is 2.71. The Labute approximate surface area is 102 Å². The Morgan fingerprint density at radius 3 is 3.12 bits per heavy atom. The van der Waals surface area contributed by atoms with Gasteiger partial charge in [-0.2, -0.15) is 5.10 Å². The standard InChI is InChI=1S/C13H21N3O/c1-10(2)6-16-7-11(5-15-16)12-13(8-14-12)3-4-17-9-13/h5,7,10,12,14H,3-4,6,8-9H2,1-2H3/t12-,13-/m1/s1. The molecular weight excluding hydrogens is 214 g/mol. The van der Waals surface area contributed by atoms with Gasteiger partial charge in [-0.05, 0) is 12.3 Å². The van der Waals surface area contributed by atoms with E-state index < -0.39 is 0 Å². The fraction of sp³-hybridized carbons (Fsp3) is 0.769. The molecule has 2 atom stereocenters. The molecule has 4 heteroatoms. The van der Waals surface area contributed by atoms with Crippen LogP contribution in [0, 0.1) is 11.3 Å². The van der Waals surface area contributed by atoms with Crippen molar-refractivity contribution in [3.63, 3.8) is 0 Å². The molecule has 0 amide bonds. The second-order valence-electron chi connectivity index (χ2n) is 5.87. The van der Waals surface area contributed by atoms with Gasteiger partial charge < -0.3 is 10.1 Å². The summed E-state index contributed by atoms with van der Waals surface area (Å²) in [6.45, 7) is 8.34. The third-order valence-electron chi connectivity index (χ3n) is 3.94. The van der Waals surface area contributed by atoms with Crippen LogP contribution in [0.25, 0.3) is 0 Å². The van der Waals surface area contributed by atoms with Crippen LogP contribution in [-0.2, 0) is 11.3 Å². The minimum atomic E-state index is 0.353. The lowest BCUT2D eigenvalue weighted by Crippen LogP contribution is -2.56. The molecule has 1 spiro atoms. The minimum absolute atomic E-state index is 0.353. The second-order valence-corrected chi connectivity index (χ2v) is 5.87. The van der Waals surface area contributed by atoms with Crippen molar-refractivity contribution in [3.8, 4) is 0 Å². The predicted molar refractivity (Wildman–Crippen MR) is 65.7 cm³/mol. The fourth-order valence-electron chi connectivity index (χ4n) is 2.96. The molecule has 4 nitrogen and oxygen atoms in total. The van der Waals surface area contributed by atoms with E-state index in [4.69, 9.17) is 4.74 Å². The van der Waals surface area contributed by atoms with Crippen molar-refractivity contribution in [1.29, 1.82) is 0 Å². The van der Waals surface area contributed by atoms with E-state index in [0.717, 1.165) is 26.3 Å². The van der Waals surface area contributed by atoms with Crippen molar-refractivity contribution in [3.05, 3.63) is 18.0 Å². The van der Waals surface area contributed by atoms with E-state index in [1.807, 2.05) is 6.20 Å². The molecule has 0 aromatic carbocycles. The van der Waals surface area contributed by atoms with Gasteiger partial charge in [0.05, 0.1) is 12.8 Å². The summed E-state index contributed by atoms with van der Waals surface area (Å²) in [5.41, 5.74) is 1.67. The lowest BCUT2D eigenvalue weighted by atomic mass is 9.71. The monoisotopic (exact) mass is 235 g/mol. The summed E-state index contributed by atoms with van der Waals surface area (Å²) in [5.74, 6) is 0.640. The summed E-state index contributed by atoms with van der Waals surface area (Å²) in [6.07, 6.45) is 5.39. The molecule has 3 rings (SSSR count). The lowest BCUT2D eigenvalue weighted by Gasteiger charge is -2.46. The first-order valence-electron chi connectivity index (χ1n) is 6.53. The van der Waals surface area contributed by atoms with Crippen LogP contribution in [0.2, 0.25) is 0 Å². The van der Waals surface area contributed by atoms with E-state index in [0.29, 0.717) is 17.4 Å². The minimum Gasteiger partial charge on any atom is -0.381 e. The zero-order valence-corrected chi connectivity index (χ0v) is 10.6. The number of hydrogen-bond acceptors (Lipinski definition) is 3. The highest BCUT2D eigenvalue weighted by Gasteiger charge is 2.50.